The topological polar surface area (TPSA) is 161 Å². The molecule has 0 spiro atoms. The van der Waals surface area contributed by atoms with Crippen LogP contribution >= 0.6 is 0 Å². The summed E-state index contributed by atoms with van der Waals surface area (Å²) in [6, 6.07) is 6.41. The number of aryl methyl sites for hydroxylation is 6. The molecule has 14 heteroatoms. The second kappa shape index (κ2) is 9.03. The molecule has 2 aromatic rings. The maximum atomic E-state index is 13.1. The van der Waals surface area contributed by atoms with Crippen LogP contribution in [0.3, 0.4) is 0 Å². The Kier molecular flexibility index (Phi) is 6.34. The van der Waals surface area contributed by atoms with Crippen molar-refractivity contribution in [1.82, 2.24) is 10.1 Å². The van der Waals surface area contributed by atoms with Crippen molar-refractivity contribution in [3.05, 3.63) is 57.6 Å². The van der Waals surface area contributed by atoms with Gasteiger partial charge < -0.3 is 0 Å². The fraction of sp³-hybridized carbons (Fsp3) is 0.385. The molecule has 12 nitrogen and oxygen atoms in total. The number of carbonyl (C=O) groups excluding carboxylic acids is 4. The Hall–Kier alpha value is -3.46. The minimum absolute atomic E-state index is 0.0866. The van der Waals surface area contributed by atoms with Crippen molar-refractivity contribution in [3.8, 4) is 0 Å². The van der Waals surface area contributed by atoms with Crippen LogP contribution in [0.2, 0.25) is 0 Å². The lowest BCUT2D eigenvalue weighted by Crippen LogP contribution is -2.50. The van der Waals surface area contributed by atoms with Crippen molar-refractivity contribution in [3.63, 3.8) is 0 Å². The largest absolute Gasteiger partial charge is 0.318 e. The number of imide groups is 2. The van der Waals surface area contributed by atoms with E-state index < -0.39 is 67.5 Å². The number of nitrogens with zero attached hydrogens (tertiary/aromatic N) is 2. The van der Waals surface area contributed by atoms with E-state index in [1.807, 2.05) is 0 Å². The molecule has 0 bridgehead atoms. The molecular weight excluding hydrogens is 564 g/mol. The molecule has 4 amide bonds. The first-order valence-electron chi connectivity index (χ1n) is 12.3. The van der Waals surface area contributed by atoms with Crippen LogP contribution in [0.5, 0.6) is 0 Å². The third-order valence-corrected chi connectivity index (χ3v) is 10.5. The number of rotatable bonds is 6. The van der Waals surface area contributed by atoms with Crippen molar-refractivity contribution in [2.45, 2.75) is 51.3 Å². The SMILES string of the molecule is Cc1cc(C)c(S(=O)(=O)ON2C(=O)C3C(C2=O)C2C(=O)N(OS(=O)(=O)c4c(C)cc(C)cc4C)C(=O)C32)c(C)c1. The van der Waals surface area contributed by atoms with Crippen LogP contribution in [-0.2, 0) is 48.0 Å². The number of carbonyl (C=O) groups is 4. The minimum Gasteiger partial charge on any atom is -0.272 e. The number of hydrogen-bond donors (Lipinski definition) is 0. The fourth-order valence-corrected chi connectivity index (χ4v) is 8.92. The van der Waals surface area contributed by atoms with Gasteiger partial charge >= 0.3 is 20.2 Å². The number of hydrogen-bond acceptors (Lipinski definition) is 10. The summed E-state index contributed by atoms with van der Waals surface area (Å²) in [5, 5.41) is 0.173. The van der Waals surface area contributed by atoms with Gasteiger partial charge in [0.2, 0.25) is 0 Å². The smallest absolute Gasteiger partial charge is 0.272 e. The average molecular weight is 591 g/mol. The lowest BCUT2D eigenvalue weighted by molar-refractivity contribution is -0.169. The second-order valence-electron chi connectivity index (χ2n) is 10.6. The van der Waals surface area contributed by atoms with Gasteiger partial charge in [-0.3, -0.25) is 19.2 Å². The average Bonchev–Trinajstić information content (AvgIpc) is 3.07. The van der Waals surface area contributed by atoms with Gasteiger partial charge in [-0.2, -0.15) is 16.8 Å². The quantitative estimate of drug-likeness (QED) is 0.453. The highest BCUT2D eigenvalue weighted by molar-refractivity contribution is 7.87. The van der Waals surface area contributed by atoms with E-state index in [-0.39, 0.29) is 19.9 Å². The standard InChI is InChI=1S/C26H26N2O10S2/c1-11-7-13(3)21(14(4)8-11)39(33,34)37-27-23(29)17-18(24(27)30)20-19(17)25(31)28(26(20)32)38-40(35,36)22-15(5)9-12(2)10-16(22)6/h7-10,17-20H,1-6H3. The molecule has 2 aromatic carbocycles. The van der Waals surface area contributed by atoms with Crippen LogP contribution in [0.25, 0.3) is 0 Å². The summed E-state index contributed by atoms with van der Waals surface area (Å²) in [5.74, 6) is -10.0. The maximum Gasteiger partial charge on any atom is 0.318 e. The molecule has 0 unspecified atom stereocenters. The maximum absolute atomic E-state index is 13.1. The molecule has 0 radical (unpaired) electrons. The molecule has 2 heterocycles. The molecule has 2 aliphatic heterocycles. The molecule has 3 fully saturated rings. The highest BCUT2D eigenvalue weighted by atomic mass is 32.2. The van der Waals surface area contributed by atoms with Crippen LogP contribution in [-0.4, -0.2) is 50.6 Å². The van der Waals surface area contributed by atoms with E-state index in [0.29, 0.717) is 22.3 Å². The van der Waals surface area contributed by atoms with Crippen LogP contribution in [0, 0.1) is 65.2 Å². The third kappa shape index (κ3) is 4.00. The first-order valence-corrected chi connectivity index (χ1v) is 15.1. The Morgan fingerprint density at radius 2 is 0.725 bits per heavy atom. The summed E-state index contributed by atoms with van der Waals surface area (Å²) in [6.07, 6.45) is 0. The second-order valence-corrected chi connectivity index (χ2v) is 13.5. The molecule has 40 heavy (non-hydrogen) atoms. The van der Waals surface area contributed by atoms with Gasteiger partial charge in [-0.25, -0.2) is 0 Å². The van der Waals surface area contributed by atoms with E-state index in [1.165, 1.54) is 27.7 Å². The molecule has 5 rings (SSSR count). The van der Waals surface area contributed by atoms with E-state index in [2.05, 4.69) is 0 Å². The summed E-state index contributed by atoms with van der Waals surface area (Å²) >= 11 is 0. The summed E-state index contributed by atoms with van der Waals surface area (Å²) < 4.78 is 62.2. The van der Waals surface area contributed by atoms with E-state index in [9.17, 15) is 36.0 Å². The molecule has 0 aromatic heterocycles. The number of fused-ring (bicyclic) bond motifs is 4. The van der Waals surface area contributed by atoms with Crippen LogP contribution in [0.15, 0.2) is 34.1 Å². The van der Waals surface area contributed by atoms with Crippen molar-refractivity contribution in [2.24, 2.45) is 23.7 Å². The van der Waals surface area contributed by atoms with Crippen LogP contribution in [0.4, 0.5) is 0 Å². The van der Waals surface area contributed by atoms with Gasteiger partial charge in [-0.05, 0) is 63.8 Å². The predicted molar refractivity (Wildman–Crippen MR) is 136 cm³/mol. The van der Waals surface area contributed by atoms with E-state index in [0.717, 1.165) is 11.1 Å². The molecule has 3 aliphatic rings. The molecule has 1 saturated carbocycles. The van der Waals surface area contributed by atoms with Gasteiger partial charge in [0, 0.05) is 0 Å². The number of amides is 4. The van der Waals surface area contributed by atoms with Gasteiger partial charge in [0.15, 0.2) is 0 Å². The van der Waals surface area contributed by atoms with Gasteiger partial charge in [0.25, 0.3) is 23.6 Å². The Morgan fingerprint density at radius 1 is 0.500 bits per heavy atom. The molecule has 2 saturated heterocycles. The van der Waals surface area contributed by atoms with Crippen LogP contribution in [0.1, 0.15) is 33.4 Å². The number of hydroxylamine groups is 4. The fourth-order valence-electron chi connectivity index (χ4n) is 6.28. The normalized spacial score (nSPS) is 24.4. The van der Waals surface area contributed by atoms with Crippen molar-refractivity contribution in [1.29, 1.82) is 0 Å². The van der Waals surface area contributed by atoms with Crippen molar-refractivity contribution < 1.29 is 44.6 Å². The van der Waals surface area contributed by atoms with E-state index in [4.69, 9.17) is 8.57 Å². The molecular formula is C26H26N2O10S2. The van der Waals surface area contributed by atoms with Gasteiger partial charge in [-0.1, -0.05) is 35.4 Å². The van der Waals surface area contributed by atoms with Crippen molar-refractivity contribution in [2.75, 3.05) is 0 Å². The first-order chi connectivity index (χ1) is 18.5. The Labute approximate surface area is 231 Å². The summed E-state index contributed by atoms with van der Waals surface area (Å²) in [4.78, 5) is 52.0. The lowest BCUT2D eigenvalue weighted by Gasteiger charge is -2.35. The monoisotopic (exact) mass is 590 g/mol. The number of benzene rings is 2. The molecule has 212 valence electrons. The lowest BCUT2D eigenvalue weighted by atomic mass is 9.59. The molecule has 0 atom stereocenters. The minimum atomic E-state index is -4.63. The van der Waals surface area contributed by atoms with Gasteiger partial charge in [0.1, 0.15) is 9.79 Å². The highest BCUT2D eigenvalue weighted by Gasteiger charge is 2.75. The zero-order valence-electron chi connectivity index (χ0n) is 22.4. The Bertz CT molecular complexity index is 1540. The van der Waals surface area contributed by atoms with Gasteiger partial charge in [0.05, 0.1) is 23.7 Å². The van der Waals surface area contributed by atoms with E-state index in [1.54, 1.807) is 38.1 Å². The predicted octanol–water partition coefficient (Wildman–Crippen LogP) is 1.69. The Morgan fingerprint density at radius 3 is 0.950 bits per heavy atom. The molecule has 1 aliphatic carbocycles. The summed E-state index contributed by atoms with van der Waals surface area (Å²) in [7, 11) is -9.27. The summed E-state index contributed by atoms with van der Waals surface area (Å²) in [6.45, 7) is 9.71. The van der Waals surface area contributed by atoms with Gasteiger partial charge in [-0.15, -0.1) is 18.7 Å². The zero-order valence-corrected chi connectivity index (χ0v) is 24.0. The third-order valence-electron chi connectivity index (χ3n) is 7.54. The first kappa shape index (κ1) is 28.1. The molecule has 0 N–H and O–H groups in total. The van der Waals surface area contributed by atoms with Crippen molar-refractivity contribution >= 4 is 43.9 Å². The summed E-state index contributed by atoms with van der Waals surface area (Å²) in [5.41, 5.74) is 2.97. The Balaban J connectivity index is 1.40. The zero-order chi connectivity index (χ0) is 29.6. The van der Waals surface area contributed by atoms with Crippen LogP contribution < -0.4 is 0 Å². The van der Waals surface area contributed by atoms with E-state index >= 15 is 0 Å². The highest BCUT2D eigenvalue weighted by Crippen LogP contribution is 2.57.